The predicted octanol–water partition coefficient (Wildman–Crippen LogP) is 5.10. The van der Waals surface area contributed by atoms with Crippen LogP contribution in [0.4, 0.5) is 0 Å². The molecule has 0 radical (unpaired) electrons. The number of carbonyl (C=O) groups excluding carboxylic acids is 2. The molecule has 0 saturated heterocycles. The number of aryl methyl sites for hydroxylation is 1. The number of hydrogen-bond donors (Lipinski definition) is 1. The summed E-state index contributed by atoms with van der Waals surface area (Å²) in [4.78, 5) is 28.0. The molecule has 6 heteroatoms. The second kappa shape index (κ2) is 12.7. The molecular formula is C27H36N2O3S. The molecule has 33 heavy (non-hydrogen) atoms. The quantitative estimate of drug-likeness (QED) is 0.527. The molecule has 0 aromatic heterocycles. The van der Waals surface area contributed by atoms with Gasteiger partial charge < -0.3 is 15.0 Å². The van der Waals surface area contributed by atoms with Crippen molar-refractivity contribution in [1.82, 2.24) is 10.2 Å². The van der Waals surface area contributed by atoms with Gasteiger partial charge in [-0.05, 0) is 49.9 Å². The normalized spacial score (nSPS) is 15.0. The van der Waals surface area contributed by atoms with Gasteiger partial charge in [0.15, 0.2) is 0 Å². The first kappa shape index (κ1) is 25.2. The second-order valence-corrected chi connectivity index (χ2v) is 9.85. The van der Waals surface area contributed by atoms with Crippen molar-refractivity contribution in [1.29, 1.82) is 0 Å². The van der Waals surface area contributed by atoms with E-state index in [-0.39, 0.29) is 17.9 Å². The molecule has 2 aromatic rings. The summed E-state index contributed by atoms with van der Waals surface area (Å²) in [5, 5.41) is 3.19. The molecule has 1 atom stereocenters. The molecule has 0 heterocycles. The minimum Gasteiger partial charge on any atom is -0.497 e. The molecule has 178 valence electrons. The fraction of sp³-hybridized carbons (Fsp3) is 0.481. The highest BCUT2D eigenvalue weighted by Crippen LogP contribution is 2.20. The van der Waals surface area contributed by atoms with Crippen LogP contribution in [-0.2, 0) is 21.9 Å². The third-order valence-corrected chi connectivity index (χ3v) is 7.23. The van der Waals surface area contributed by atoms with E-state index in [9.17, 15) is 9.59 Å². The molecule has 1 saturated carbocycles. The molecule has 0 aliphatic heterocycles. The number of nitrogens with zero attached hydrogens (tertiary/aromatic N) is 1. The number of carbonyl (C=O) groups is 2. The van der Waals surface area contributed by atoms with E-state index in [0.29, 0.717) is 12.3 Å². The fourth-order valence-corrected chi connectivity index (χ4v) is 4.97. The van der Waals surface area contributed by atoms with Crippen molar-refractivity contribution in [3.8, 4) is 5.75 Å². The maximum Gasteiger partial charge on any atom is 0.242 e. The van der Waals surface area contributed by atoms with Gasteiger partial charge in [0.1, 0.15) is 11.8 Å². The van der Waals surface area contributed by atoms with E-state index in [0.717, 1.165) is 48.3 Å². The van der Waals surface area contributed by atoms with Gasteiger partial charge in [0, 0.05) is 18.3 Å². The Morgan fingerprint density at radius 1 is 1.03 bits per heavy atom. The summed E-state index contributed by atoms with van der Waals surface area (Å²) in [5.74, 6) is 1.82. The van der Waals surface area contributed by atoms with Crippen LogP contribution in [0.25, 0.3) is 0 Å². The standard InChI is InChI=1S/C27H36N2O3S/c1-20-9-11-22(12-10-20)17-29(21(2)27(31)28-24-7-5-4-6-8-24)26(30)19-33-18-23-13-15-25(32-3)16-14-23/h9-16,21,24H,4-8,17-19H2,1-3H3,(H,28,31)/t21-/m0/s1. The zero-order chi connectivity index (χ0) is 23.6. The van der Waals surface area contributed by atoms with Crippen molar-refractivity contribution in [2.45, 2.75) is 70.3 Å². The minimum atomic E-state index is -0.512. The van der Waals surface area contributed by atoms with E-state index >= 15 is 0 Å². The molecule has 2 amide bonds. The Morgan fingerprint density at radius 3 is 2.30 bits per heavy atom. The smallest absolute Gasteiger partial charge is 0.242 e. The van der Waals surface area contributed by atoms with Gasteiger partial charge >= 0.3 is 0 Å². The van der Waals surface area contributed by atoms with E-state index in [1.54, 1.807) is 23.8 Å². The molecule has 0 unspecified atom stereocenters. The molecule has 1 aliphatic rings. The maximum atomic E-state index is 13.2. The van der Waals surface area contributed by atoms with Gasteiger partial charge in [-0.3, -0.25) is 9.59 Å². The first-order chi connectivity index (χ1) is 16.0. The zero-order valence-corrected chi connectivity index (χ0v) is 20.8. The van der Waals surface area contributed by atoms with Crippen LogP contribution in [-0.4, -0.2) is 41.7 Å². The van der Waals surface area contributed by atoms with Crippen molar-refractivity contribution >= 4 is 23.6 Å². The van der Waals surface area contributed by atoms with Crippen LogP contribution >= 0.6 is 11.8 Å². The van der Waals surface area contributed by atoms with Crippen LogP contribution in [0.5, 0.6) is 5.75 Å². The Hall–Kier alpha value is -2.47. The van der Waals surface area contributed by atoms with Crippen LogP contribution in [0.1, 0.15) is 55.7 Å². The van der Waals surface area contributed by atoms with Gasteiger partial charge in [-0.25, -0.2) is 0 Å². The SMILES string of the molecule is COc1ccc(CSCC(=O)N(Cc2ccc(C)cc2)[C@@H](C)C(=O)NC2CCCCC2)cc1. The van der Waals surface area contributed by atoms with E-state index in [2.05, 4.69) is 5.32 Å². The lowest BCUT2D eigenvalue weighted by atomic mass is 9.95. The van der Waals surface area contributed by atoms with Crippen LogP contribution < -0.4 is 10.1 Å². The van der Waals surface area contributed by atoms with Crippen LogP contribution in [0, 0.1) is 6.92 Å². The Morgan fingerprint density at radius 2 is 1.67 bits per heavy atom. The Labute approximate surface area is 202 Å². The Kier molecular flexibility index (Phi) is 9.67. The summed E-state index contributed by atoms with van der Waals surface area (Å²) in [7, 11) is 1.65. The molecular weight excluding hydrogens is 432 g/mol. The van der Waals surface area contributed by atoms with Crippen LogP contribution in [0.2, 0.25) is 0 Å². The van der Waals surface area contributed by atoms with Crippen molar-refractivity contribution in [3.05, 3.63) is 65.2 Å². The third-order valence-electron chi connectivity index (χ3n) is 6.25. The maximum absolute atomic E-state index is 13.2. The van der Waals surface area contributed by atoms with Crippen molar-refractivity contribution in [2.24, 2.45) is 0 Å². The lowest BCUT2D eigenvalue weighted by Gasteiger charge is -2.31. The number of amides is 2. The van der Waals surface area contributed by atoms with Crippen LogP contribution in [0.15, 0.2) is 48.5 Å². The van der Waals surface area contributed by atoms with Crippen molar-refractivity contribution in [3.63, 3.8) is 0 Å². The monoisotopic (exact) mass is 468 g/mol. The van der Waals surface area contributed by atoms with Gasteiger partial charge in [0.2, 0.25) is 11.8 Å². The molecule has 0 spiro atoms. The number of thioether (sulfide) groups is 1. The number of rotatable bonds is 10. The molecule has 2 aromatic carbocycles. The zero-order valence-electron chi connectivity index (χ0n) is 20.0. The van der Waals surface area contributed by atoms with Crippen molar-refractivity contribution in [2.75, 3.05) is 12.9 Å². The van der Waals surface area contributed by atoms with Gasteiger partial charge in [-0.1, -0.05) is 61.2 Å². The second-order valence-electron chi connectivity index (χ2n) is 8.87. The first-order valence-electron chi connectivity index (χ1n) is 11.8. The fourth-order valence-electron chi connectivity index (χ4n) is 4.10. The molecule has 1 fully saturated rings. The summed E-state index contributed by atoms with van der Waals surface area (Å²) in [6.07, 6.45) is 5.62. The van der Waals surface area contributed by atoms with Gasteiger partial charge in [0.05, 0.1) is 12.9 Å². The summed E-state index contributed by atoms with van der Waals surface area (Å²) in [6, 6.07) is 15.8. The summed E-state index contributed by atoms with van der Waals surface area (Å²) < 4.78 is 5.20. The topological polar surface area (TPSA) is 58.6 Å². The summed E-state index contributed by atoms with van der Waals surface area (Å²) in [5.41, 5.74) is 3.35. The highest BCUT2D eigenvalue weighted by Gasteiger charge is 2.28. The molecule has 3 rings (SSSR count). The number of hydrogen-bond acceptors (Lipinski definition) is 4. The average molecular weight is 469 g/mol. The third kappa shape index (κ3) is 7.81. The summed E-state index contributed by atoms with van der Waals surface area (Å²) in [6.45, 7) is 4.32. The number of nitrogens with one attached hydrogen (secondary N) is 1. The van der Waals surface area contributed by atoms with E-state index in [1.807, 2.05) is 62.4 Å². The van der Waals surface area contributed by atoms with Gasteiger partial charge in [-0.2, -0.15) is 0 Å². The molecule has 5 nitrogen and oxygen atoms in total. The highest BCUT2D eigenvalue weighted by molar-refractivity contribution is 7.99. The van der Waals surface area contributed by atoms with E-state index in [4.69, 9.17) is 4.74 Å². The average Bonchev–Trinajstić information content (AvgIpc) is 2.84. The Bertz CT molecular complexity index is 893. The van der Waals surface area contributed by atoms with Gasteiger partial charge in [0.25, 0.3) is 0 Å². The predicted molar refractivity (Wildman–Crippen MR) is 135 cm³/mol. The van der Waals surface area contributed by atoms with Crippen LogP contribution in [0.3, 0.4) is 0 Å². The van der Waals surface area contributed by atoms with E-state index < -0.39 is 6.04 Å². The highest BCUT2D eigenvalue weighted by atomic mass is 32.2. The number of ether oxygens (including phenoxy) is 1. The molecule has 1 N–H and O–H groups in total. The Balaban J connectivity index is 1.63. The van der Waals surface area contributed by atoms with Gasteiger partial charge in [-0.15, -0.1) is 11.8 Å². The molecule has 1 aliphatic carbocycles. The lowest BCUT2D eigenvalue weighted by molar-refractivity contribution is -0.139. The lowest BCUT2D eigenvalue weighted by Crippen LogP contribution is -2.50. The number of methoxy groups -OCH3 is 1. The van der Waals surface area contributed by atoms with Crippen molar-refractivity contribution < 1.29 is 14.3 Å². The molecule has 0 bridgehead atoms. The summed E-state index contributed by atoms with van der Waals surface area (Å²) >= 11 is 1.57. The number of benzene rings is 2. The largest absolute Gasteiger partial charge is 0.497 e. The van der Waals surface area contributed by atoms with E-state index in [1.165, 1.54) is 12.0 Å². The first-order valence-corrected chi connectivity index (χ1v) is 13.0. The minimum absolute atomic E-state index is 0.0135.